The van der Waals surface area contributed by atoms with Gasteiger partial charge in [-0.3, -0.25) is 14.3 Å². The fourth-order valence-electron chi connectivity index (χ4n) is 2.73. The Morgan fingerprint density at radius 3 is 3.00 bits per heavy atom. The van der Waals surface area contributed by atoms with Crippen LogP contribution >= 0.6 is 0 Å². The first-order chi connectivity index (χ1) is 8.11. The van der Waals surface area contributed by atoms with Crippen molar-refractivity contribution in [3.63, 3.8) is 0 Å². The molecule has 7 nitrogen and oxygen atoms in total. The molecule has 0 unspecified atom stereocenters. The van der Waals surface area contributed by atoms with Gasteiger partial charge in [-0.2, -0.15) is 0 Å². The number of hydrogen-bond donors (Lipinski definition) is 3. The molecule has 0 radical (unpaired) electrons. The molecule has 0 bridgehead atoms. The zero-order valence-corrected chi connectivity index (χ0v) is 8.87. The van der Waals surface area contributed by atoms with Crippen LogP contribution < -0.4 is 16.0 Å². The summed E-state index contributed by atoms with van der Waals surface area (Å²) in [4.78, 5) is 25.0. The van der Waals surface area contributed by atoms with Gasteiger partial charge in [-0.05, 0) is 6.42 Å². The van der Waals surface area contributed by atoms with Crippen molar-refractivity contribution in [1.82, 2.24) is 9.55 Å². The molecule has 3 N–H and O–H groups in total. The van der Waals surface area contributed by atoms with Gasteiger partial charge in [0.2, 0.25) is 5.88 Å². The third-order valence-electron chi connectivity index (χ3n) is 3.52. The number of hydrogen-bond acceptors (Lipinski definition) is 5. The molecule has 92 valence electrons. The summed E-state index contributed by atoms with van der Waals surface area (Å²) in [6.45, 7) is -0.209. The molecule has 1 saturated carbocycles. The van der Waals surface area contributed by atoms with Gasteiger partial charge in [-0.15, -0.1) is 0 Å². The number of ether oxygens (including phenoxy) is 1. The van der Waals surface area contributed by atoms with Crippen LogP contribution in [0.15, 0.2) is 15.7 Å². The Bertz CT molecular complexity index is 563. The summed E-state index contributed by atoms with van der Waals surface area (Å²) in [6.07, 6.45) is -0.797. The van der Waals surface area contributed by atoms with Gasteiger partial charge in [0.25, 0.3) is 5.56 Å². The summed E-state index contributed by atoms with van der Waals surface area (Å²) in [5.41, 5.74) is -1.05. The summed E-state index contributed by atoms with van der Waals surface area (Å²) in [6, 6.07) is 0.891. The van der Waals surface area contributed by atoms with Crippen molar-refractivity contribution in [3.05, 3.63) is 26.9 Å². The van der Waals surface area contributed by atoms with Gasteiger partial charge in [0.15, 0.2) is 0 Å². The minimum Gasteiger partial charge on any atom is -0.473 e. The van der Waals surface area contributed by atoms with E-state index in [1.165, 1.54) is 10.6 Å². The summed E-state index contributed by atoms with van der Waals surface area (Å²) in [5, 5.41) is 18.9. The summed E-state index contributed by atoms with van der Waals surface area (Å²) in [7, 11) is 0. The Kier molecular flexibility index (Phi) is 2.14. The summed E-state index contributed by atoms with van der Waals surface area (Å²) in [5.74, 6) is -0.214. The standard InChI is InChI=1S/C10H12N2O5/c13-3-4-6(14)1-5-9(4)17-8-2-7(15)11-10(16)12(5)8/h2,4-6,9,13-14H,1,3H2,(H,11,15,16)/t4-,5+,6+,9-/m1/s1. The molecule has 1 aromatic rings. The Labute approximate surface area is 95.3 Å². The number of nitrogens with one attached hydrogen (secondary N) is 1. The Morgan fingerprint density at radius 1 is 1.53 bits per heavy atom. The topological polar surface area (TPSA) is 105 Å². The first kappa shape index (κ1) is 10.5. The smallest absolute Gasteiger partial charge is 0.331 e. The molecule has 0 spiro atoms. The highest BCUT2D eigenvalue weighted by Gasteiger charge is 2.49. The lowest BCUT2D eigenvalue weighted by Crippen LogP contribution is -2.31. The molecular formula is C10H12N2O5. The maximum Gasteiger partial charge on any atom is 0.331 e. The van der Waals surface area contributed by atoms with Crippen LogP contribution in [-0.4, -0.2) is 38.6 Å². The Balaban J connectivity index is 2.10. The molecule has 2 heterocycles. The van der Waals surface area contributed by atoms with Crippen LogP contribution in [0.3, 0.4) is 0 Å². The van der Waals surface area contributed by atoms with Crippen LogP contribution in [0.4, 0.5) is 0 Å². The van der Waals surface area contributed by atoms with Crippen LogP contribution in [0.2, 0.25) is 0 Å². The van der Waals surface area contributed by atoms with Crippen LogP contribution in [0.1, 0.15) is 12.5 Å². The monoisotopic (exact) mass is 240 g/mol. The van der Waals surface area contributed by atoms with Gasteiger partial charge in [0, 0.05) is 5.92 Å². The second-order valence-corrected chi connectivity index (χ2v) is 4.45. The van der Waals surface area contributed by atoms with Gasteiger partial charge >= 0.3 is 5.69 Å². The van der Waals surface area contributed by atoms with Crippen molar-refractivity contribution in [2.75, 3.05) is 6.61 Å². The van der Waals surface area contributed by atoms with Crippen LogP contribution in [0, 0.1) is 5.92 Å². The van der Waals surface area contributed by atoms with Crippen molar-refractivity contribution >= 4 is 0 Å². The summed E-state index contributed by atoms with van der Waals surface area (Å²) < 4.78 is 6.83. The predicted octanol–water partition coefficient (Wildman–Crippen LogP) is -1.79. The van der Waals surface area contributed by atoms with Crippen molar-refractivity contribution in [2.45, 2.75) is 24.7 Å². The van der Waals surface area contributed by atoms with Crippen LogP contribution in [0.25, 0.3) is 0 Å². The Morgan fingerprint density at radius 2 is 2.29 bits per heavy atom. The van der Waals surface area contributed by atoms with Gasteiger partial charge in [-0.1, -0.05) is 0 Å². The number of aromatic nitrogens is 2. The normalized spacial score (nSPS) is 34.2. The van der Waals surface area contributed by atoms with Gasteiger partial charge in [0.05, 0.1) is 24.8 Å². The number of rotatable bonds is 1. The largest absolute Gasteiger partial charge is 0.473 e. The Hall–Kier alpha value is -1.60. The van der Waals surface area contributed by atoms with E-state index in [2.05, 4.69) is 4.98 Å². The van der Waals surface area contributed by atoms with E-state index >= 15 is 0 Å². The second-order valence-electron chi connectivity index (χ2n) is 4.45. The zero-order chi connectivity index (χ0) is 12.2. The highest BCUT2D eigenvalue weighted by atomic mass is 16.5. The van der Waals surface area contributed by atoms with E-state index in [0.717, 1.165) is 0 Å². The number of fused-ring (bicyclic) bond motifs is 3. The average Bonchev–Trinajstić information content (AvgIpc) is 2.71. The van der Waals surface area contributed by atoms with E-state index in [1.807, 2.05) is 0 Å². The van der Waals surface area contributed by atoms with Crippen molar-refractivity contribution < 1.29 is 14.9 Å². The quantitative estimate of drug-likeness (QED) is 0.538. The lowest BCUT2D eigenvalue weighted by molar-refractivity contribution is 0.0424. The maximum atomic E-state index is 11.7. The van der Waals surface area contributed by atoms with Gasteiger partial charge in [-0.25, -0.2) is 4.79 Å². The van der Waals surface area contributed by atoms with Crippen molar-refractivity contribution in [3.8, 4) is 5.88 Å². The minimum atomic E-state index is -0.693. The second kappa shape index (κ2) is 3.44. The number of nitrogens with zero attached hydrogens (tertiary/aromatic N) is 1. The third-order valence-corrected chi connectivity index (χ3v) is 3.52. The zero-order valence-electron chi connectivity index (χ0n) is 8.87. The average molecular weight is 240 g/mol. The molecule has 4 atom stereocenters. The van der Waals surface area contributed by atoms with Crippen molar-refractivity contribution in [1.29, 1.82) is 0 Å². The number of aromatic amines is 1. The molecule has 1 aliphatic heterocycles. The van der Waals surface area contributed by atoms with E-state index < -0.39 is 29.4 Å². The molecule has 0 saturated heterocycles. The fourth-order valence-corrected chi connectivity index (χ4v) is 2.73. The molecule has 2 aliphatic rings. The van der Waals surface area contributed by atoms with Crippen molar-refractivity contribution in [2.24, 2.45) is 5.92 Å². The maximum absolute atomic E-state index is 11.7. The summed E-state index contributed by atoms with van der Waals surface area (Å²) >= 11 is 0. The molecule has 1 aromatic heterocycles. The predicted molar refractivity (Wildman–Crippen MR) is 56.0 cm³/mol. The van der Waals surface area contributed by atoms with Crippen LogP contribution in [-0.2, 0) is 0 Å². The van der Waals surface area contributed by atoms with Crippen LogP contribution in [0.5, 0.6) is 5.88 Å². The molecule has 3 rings (SSSR count). The highest BCUT2D eigenvalue weighted by molar-refractivity contribution is 5.18. The number of aliphatic hydroxyl groups is 2. The fraction of sp³-hybridized carbons (Fsp3) is 0.600. The van der Waals surface area contributed by atoms with E-state index in [1.54, 1.807) is 0 Å². The van der Waals surface area contributed by atoms with Gasteiger partial charge < -0.3 is 14.9 Å². The SMILES string of the molecule is O=c1cc2n(c(=O)[nH]1)[C@H]1C[C@H](O)[C@@H](CO)[C@H]1O2. The van der Waals surface area contributed by atoms with Gasteiger partial charge in [0.1, 0.15) is 6.10 Å². The lowest BCUT2D eigenvalue weighted by atomic mass is 10.1. The minimum absolute atomic E-state index is 0.208. The van der Waals surface area contributed by atoms with E-state index in [-0.39, 0.29) is 18.5 Å². The highest BCUT2D eigenvalue weighted by Crippen LogP contribution is 2.42. The first-order valence-corrected chi connectivity index (χ1v) is 5.43. The van der Waals surface area contributed by atoms with E-state index in [0.29, 0.717) is 6.42 Å². The number of aliphatic hydroxyl groups excluding tert-OH is 2. The lowest BCUT2D eigenvalue weighted by Gasteiger charge is -2.17. The molecule has 1 aliphatic carbocycles. The first-order valence-electron chi connectivity index (χ1n) is 5.43. The molecule has 0 aromatic carbocycles. The molecular weight excluding hydrogens is 228 g/mol. The molecule has 17 heavy (non-hydrogen) atoms. The number of H-pyrrole nitrogens is 1. The van der Waals surface area contributed by atoms with E-state index in [9.17, 15) is 19.8 Å². The van der Waals surface area contributed by atoms with E-state index in [4.69, 9.17) is 4.74 Å². The third kappa shape index (κ3) is 1.36. The molecule has 0 amide bonds. The molecule has 1 fully saturated rings. The molecule has 7 heteroatoms.